The number of hydrogen-bond donors (Lipinski definition) is 1. The summed E-state index contributed by atoms with van der Waals surface area (Å²) in [6.07, 6.45) is 2.83. The number of hydrogen-bond acceptors (Lipinski definition) is 5. The second-order valence-electron chi connectivity index (χ2n) is 7.99. The van der Waals surface area contributed by atoms with Crippen LogP contribution in [-0.4, -0.2) is 35.3 Å². The van der Waals surface area contributed by atoms with Crippen LogP contribution in [0.25, 0.3) is 5.82 Å². The van der Waals surface area contributed by atoms with Crippen molar-refractivity contribution < 1.29 is 13.2 Å². The number of carbonyl (C=O) groups is 1. The van der Waals surface area contributed by atoms with E-state index < -0.39 is 9.84 Å². The summed E-state index contributed by atoms with van der Waals surface area (Å²) in [4.78, 5) is 17.2. The molecule has 152 valence electrons. The van der Waals surface area contributed by atoms with E-state index in [1.54, 1.807) is 35.1 Å². The normalized spacial score (nSPS) is 12.0. The maximum atomic E-state index is 12.9. The molecule has 1 N–H and O–H groups in total. The molecule has 1 aromatic carbocycles. The van der Waals surface area contributed by atoms with Gasteiger partial charge in [0.25, 0.3) is 5.91 Å². The molecule has 0 bridgehead atoms. The molecule has 0 radical (unpaired) electrons. The smallest absolute Gasteiger partial charge is 0.256 e. The summed E-state index contributed by atoms with van der Waals surface area (Å²) in [5, 5.41) is 7.50. The third-order valence-electron chi connectivity index (χ3n) is 4.20. The van der Waals surface area contributed by atoms with Crippen molar-refractivity contribution in [3.8, 4) is 5.82 Å². The average molecular weight is 413 g/mol. The summed E-state index contributed by atoms with van der Waals surface area (Å²) < 4.78 is 24.7. The van der Waals surface area contributed by atoms with Gasteiger partial charge in [0, 0.05) is 29.5 Å². The Balaban J connectivity index is 1.94. The van der Waals surface area contributed by atoms with E-state index in [1.165, 1.54) is 6.26 Å². The summed E-state index contributed by atoms with van der Waals surface area (Å²) in [5.41, 5.74) is 1.53. The van der Waals surface area contributed by atoms with E-state index in [2.05, 4.69) is 15.4 Å². The van der Waals surface area contributed by atoms with Crippen molar-refractivity contribution in [2.75, 3.05) is 11.6 Å². The molecule has 8 heteroatoms. The van der Waals surface area contributed by atoms with Crippen molar-refractivity contribution in [3.63, 3.8) is 0 Å². The fourth-order valence-electron chi connectivity index (χ4n) is 2.78. The first-order chi connectivity index (χ1) is 13.5. The molecule has 2 aromatic heterocycles. The standard InChI is InChI=1S/C21H24N4O3S/c1-21(2,3)17-13-19(25(24-17)18-10-5-6-11-22-18)23-20(26)16-9-7-8-15(12-16)14-29(4,27)28/h5-13H,14H2,1-4H3,(H,23,26). The van der Waals surface area contributed by atoms with Crippen LogP contribution in [0.1, 0.15) is 42.4 Å². The molecule has 3 rings (SSSR count). The van der Waals surface area contributed by atoms with Crippen LogP contribution < -0.4 is 5.32 Å². The van der Waals surface area contributed by atoms with Crippen molar-refractivity contribution in [3.05, 3.63) is 71.5 Å². The van der Waals surface area contributed by atoms with Gasteiger partial charge in [0.15, 0.2) is 15.7 Å². The Labute approximate surface area is 170 Å². The zero-order valence-corrected chi connectivity index (χ0v) is 17.7. The number of pyridine rings is 1. The lowest BCUT2D eigenvalue weighted by Gasteiger charge is -2.13. The molecule has 0 spiro atoms. The van der Waals surface area contributed by atoms with E-state index in [-0.39, 0.29) is 17.1 Å². The number of anilines is 1. The molecule has 3 aromatic rings. The van der Waals surface area contributed by atoms with Gasteiger partial charge < -0.3 is 5.32 Å². The van der Waals surface area contributed by atoms with E-state index in [4.69, 9.17) is 0 Å². The highest BCUT2D eigenvalue weighted by Gasteiger charge is 2.22. The number of carbonyl (C=O) groups excluding carboxylic acids is 1. The Morgan fingerprint density at radius 1 is 1.10 bits per heavy atom. The molecule has 0 saturated heterocycles. The van der Waals surface area contributed by atoms with Gasteiger partial charge in [-0.25, -0.2) is 13.4 Å². The molecule has 29 heavy (non-hydrogen) atoms. The lowest BCUT2D eigenvalue weighted by atomic mass is 9.92. The molecule has 1 amide bonds. The Kier molecular flexibility index (Phi) is 5.57. The van der Waals surface area contributed by atoms with E-state index in [0.717, 1.165) is 5.69 Å². The van der Waals surface area contributed by atoms with Crippen LogP contribution in [-0.2, 0) is 21.0 Å². The average Bonchev–Trinajstić information content (AvgIpc) is 3.05. The molecule has 0 fully saturated rings. The second kappa shape index (κ2) is 7.79. The molecule has 2 heterocycles. The molecular formula is C21H24N4O3S. The van der Waals surface area contributed by atoms with Gasteiger partial charge in [0.2, 0.25) is 0 Å². The van der Waals surface area contributed by atoms with Crippen molar-refractivity contribution in [2.45, 2.75) is 31.9 Å². The molecular weight excluding hydrogens is 388 g/mol. The van der Waals surface area contributed by atoms with Gasteiger partial charge in [-0.05, 0) is 29.8 Å². The minimum Gasteiger partial charge on any atom is -0.306 e. The van der Waals surface area contributed by atoms with Crippen LogP contribution in [0.15, 0.2) is 54.7 Å². The molecule has 0 unspecified atom stereocenters. The van der Waals surface area contributed by atoms with Gasteiger partial charge in [0.05, 0.1) is 11.4 Å². The SMILES string of the molecule is CC(C)(C)c1cc(NC(=O)c2cccc(CS(C)(=O)=O)c2)n(-c2ccccn2)n1. The fourth-order valence-corrected chi connectivity index (χ4v) is 3.57. The summed E-state index contributed by atoms with van der Waals surface area (Å²) in [7, 11) is -3.19. The van der Waals surface area contributed by atoms with Crippen LogP contribution in [0.4, 0.5) is 5.82 Å². The molecule has 0 saturated carbocycles. The predicted octanol–water partition coefficient (Wildman–Crippen LogP) is 3.36. The summed E-state index contributed by atoms with van der Waals surface area (Å²) in [5.74, 6) is 0.614. The number of sulfone groups is 1. The van der Waals surface area contributed by atoms with Crippen molar-refractivity contribution >= 4 is 21.6 Å². The van der Waals surface area contributed by atoms with Crippen LogP contribution in [0.3, 0.4) is 0 Å². The Bertz CT molecular complexity index is 1130. The number of aromatic nitrogens is 3. The fraction of sp³-hybridized carbons (Fsp3) is 0.286. The quantitative estimate of drug-likeness (QED) is 0.693. The minimum atomic E-state index is -3.19. The molecule has 0 aliphatic carbocycles. The zero-order valence-electron chi connectivity index (χ0n) is 16.9. The largest absolute Gasteiger partial charge is 0.306 e. The van der Waals surface area contributed by atoms with E-state index in [9.17, 15) is 13.2 Å². The maximum absolute atomic E-state index is 12.9. The Hall–Kier alpha value is -3.00. The topological polar surface area (TPSA) is 94.0 Å². The number of nitrogens with zero attached hydrogens (tertiary/aromatic N) is 3. The summed E-state index contributed by atoms with van der Waals surface area (Å²) >= 11 is 0. The zero-order chi connectivity index (χ0) is 21.2. The maximum Gasteiger partial charge on any atom is 0.256 e. The highest BCUT2D eigenvalue weighted by atomic mass is 32.2. The third-order valence-corrected chi connectivity index (χ3v) is 5.06. The highest BCUT2D eigenvalue weighted by Crippen LogP contribution is 2.26. The van der Waals surface area contributed by atoms with Crippen LogP contribution in [0.5, 0.6) is 0 Å². The molecule has 0 atom stereocenters. The van der Waals surface area contributed by atoms with Crippen LogP contribution in [0.2, 0.25) is 0 Å². The first kappa shape index (κ1) is 20.7. The van der Waals surface area contributed by atoms with E-state index >= 15 is 0 Å². The van der Waals surface area contributed by atoms with Gasteiger partial charge in [-0.15, -0.1) is 0 Å². The monoisotopic (exact) mass is 412 g/mol. The summed E-state index contributed by atoms with van der Waals surface area (Å²) in [6.45, 7) is 6.12. The Morgan fingerprint density at radius 3 is 2.48 bits per heavy atom. The van der Waals surface area contributed by atoms with E-state index in [0.29, 0.717) is 22.8 Å². The number of nitrogens with one attached hydrogen (secondary N) is 1. The second-order valence-corrected chi connectivity index (χ2v) is 10.1. The molecule has 7 nitrogen and oxygen atoms in total. The van der Waals surface area contributed by atoms with Crippen molar-refractivity contribution in [2.24, 2.45) is 0 Å². The Morgan fingerprint density at radius 2 is 1.86 bits per heavy atom. The lowest BCUT2D eigenvalue weighted by Crippen LogP contribution is -2.16. The van der Waals surface area contributed by atoms with Crippen LogP contribution in [0, 0.1) is 0 Å². The predicted molar refractivity (Wildman–Crippen MR) is 113 cm³/mol. The number of benzene rings is 1. The minimum absolute atomic E-state index is 0.117. The molecule has 0 aliphatic rings. The van der Waals surface area contributed by atoms with Crippen molar-refractivity contribution in [1.29, 1.82) is 0 Å². The first-order valence-electron chi connectivity index (χ1n) is 9.13. The van der Waals surface area contributed by atoms with Gasteiger partial charge in [-0.2, -0.15) is 9.78 Å². The first-order valence-corrected chi connectivity index (χ1v) is 11.2. The molecule has 0 aliphatic heterocycles. The van der Waals surface area contributed by atoms with Crippen molar-refractivity contribution in [1.82, 2.24) is 14.8 Å². The number of amides is 1. The van der Waals surface area contributed by atoms with Gasteiger partial charge >= 0.3 is 0 Å². The summed E-state index contributed by atoms with van der Waals surface area (Å²) in [6, 6.07) is 13.9. The van der Waals surface area contributed by atoms with Crippen LogP contribution >= 0.6 is 0 Å². The van der Waals surface area contributed by atoms with Gasteiger partial charge in [0.1, 0.15) is 5.82 Å². The number of rotatable bonds is 5. The third kappa shape index (κ3) is 5.29. The van der Waals surface area contributed by atoms with E-state index in [1.807, 2.05) is 45.0 Å². The lowest BCUT2D eigenvalue weighted by molar-refractivity contribution is 0.102. The highest BCUT2D eigenvalue weighted by molar-refractivity contribution is 7.89. The van der Waals surface area contributed by atoms with Gasteiger partial charge in [-0.3, -0.25) is 4.79 Å². The van der Waals surface area contributed by atoms with Gasteiger partial charge in [-0.1, -0.05) is 39.0 Å².